The summed E-state index contributed by atoms with van der Waals surface area (Å²) < 4.78 is 4.99. The van der Waals surface area contributed by atoms with Crippen LogP contribution in [-0.2, 0) is 14.3 Å². The van der Waals surface area contributed by atoms with Crippen molar-refractivity contribution < 1.29 is 23.9 Å². The summed E-state index contributed by atoms with van der Waals surface area (Å²) in [4.78, 5) is 49.8. The Morgan fingerprint density at radius 1 is 1.12 bits per heavy atom. The minimum atomic E-state index is -0.732. The van der Waals surface area contributed by atoms with Gasteiger partial charge in [-0.15, -0.1) is 0 Å². The number of carbonyl (C=O) groups excluding carboxylic acids is 4. The highest BCUT2D eigenvalue weighted by Gasteiger charge is 2.35. The maximum absolute atomic E-state index is 12.3. The van der Waals surface area contributed by atoms with E-state index < -0.39 is 29.7 Å². The Hall–Kier alpha value is -2.70. The molecule has 2 rings (SSSR count). The number of carbonyl (C=O) groups is 4. The van der Waals surface area contributed by atoms with Crippen LogP contribution in [0.1, 0.15) is 54.3 Å². The molecule has 0 spiro atoms. The minimum Gasteiger partial charge on any atom is -0.464 e. The summed E-state index contributed by atoms with van der Waals surface area (Å²) in [6.07, 6.45) is 0.386. The van der Waals surface area contributed by atoms with Gasteiger partial charge in [0.1, 0.15) is 6.04 Å². The Bertz CT molecular complexity index is 679. The molecule has 7 heteroatoms. The number of hydrogen-bond donors (Lipinski definition) is 1. The highest BCUT2D eigenvalue weighted by molar-refractivity contribution is 6.21. The number of imide groups is 1. The minimum absolute atomic E-state index is 0.0323. The molecule has 3 amide bonds. The number of hydrogen-bond acceptors (Lipinski definition) is 5. The lowest BCUT2D eigenvalue weighted by Crippen LogP contribution is -2.44. The summed E-state index contributed by atoms with van der Waals surface area (Å²) in [6.45, 7) is 5.79. The first kappa shape index (κ1) is 19.6. The van der Waals surface area contributed by atoms with Crippen LogP contribution in [0.5, 0.6) is 0 Å². The van der Waals surface area contributed by atoms with E-state index in [9.17, 15) is 19.2 Å². The van der Waals surface area contributed by atoms with Crippen LogP contribution in [0.4, 0.5) is 0 Å². The van der Waals surface area contributed by atoms with Gasteiger partial charge in [0.05, 0.1) is 17.7 Å². The van der Waals surface area contributed by atoms with Gasteiger partial charge in [0.15, 0.2) is 0 Å². The Morgan fingerprint density at radius 2 is 1.69 bits per heavy atom. The number of fused-ring (bicyclic) bond motifs is 1. The molecule has 0 saturated carbocycles. The van der Waals surface area contributed by atoms with Crippen LogP contribution in [0.3, 0.4) is 0 Å². The van der Waals surface area contributed by atoms with Crippen molar-refractivity contribution in [3.63, 3.8) is 0 Å². The molecule has 1 aliphatic heterocycles. The van der Waals surface area contributed by atoms with E-state index in [1.807, 2.05) is 13.8 Å². The molecule has 26 heavy (non-hydrogen) atoms. The number of rotatable bonds is 8. The first-order valence-electron chi connectivity index (χ1n) is 8.76. The zero-order chi connectivity index (χ0) is 19.3. The van der Waals surface area contributed by atoms with E-state index in [1.54, 1.807) is 31.2 Å². The second-order valence-corrected chi connectivity index (χ2v) is 6.56. The standard InChI is InChI=1S/C19H24N2O5/c1-4-26-19(25)15(11-12(2)3)20-16(22)9-10-21-17(23)13-7-5-6-8-14(13)18(21)24/h5-8,12,15H,4,9-11H2,1-3H3,(H,20,22)/t15-/m0/s1. The summed E-state index contributed by atoms with van der Waals surface area (Å²) in [7, 11) is 0. The van der Waals surface area contributed by atoms with E-state index in [1.165, 1.54) is 0 Å². The van der Waals surface area contributed by atoms with Gasteiger partial charge in [-0.25, -0.2) is 4.79 Å². The molecule has 0 unspecified atom stereocenters. The van der Waals surface area contributed by atoms with Gasteiger partial charge >= 0.3 is 5.97 Å². The molecule has 1 aromatic carbocycles. The summed E-state index contributed by atoms with van der Waals surface area (Å²) in [5.74, 6) is -1.48. The summed E-state index contributed by atoms with van der Waals surface area (Å²) in [5, 5.41) is 2.64. The van der Waals surface area contributed by atoms with Crippen LogP contribution in [-0.4, -0.2) is 47.8 Å². The fraction of sp³-hybridized carbons (Fsp3) is 0.474. The maximum atomic E-state index is 12.3. The zero-order valence-corrected chi connectivity index (χ0v) is 15.3. The molecule has 0 aliphatic carbocycles. The van der Waals surface area contributed by atoms with Crippen molar-refractivity contribution in [2.24, 2.45) is 5.92 Å². The van der Waals surface area contributed by atoms with Crippen LogP contribution in [0, 0.1) is 5.92 Å². The van der Waals surface area contributed by atoms with Gasteiger partial charge in [-0.2, -0.15) is 0 Å². The fourth-order valence-electron chi connectivity index (χ4n) is 2.85. The van der Waals surface area contributed by atoms with Crippen molar-refractivity contribution >= 4 is 23.7 Å². The number of benzene rings is 1. The molecule has 1 heterocycles. The zero-order valence-electron chi connectivity index (χ0n) is 15.3. The summed E-state index contributed by atoms with van der Waals surface area (Å²) in [6, 6.07) is 5.83. The van der Waals surface area contributed by atoms with E-state index in [-0.39, 0.29) is 25.5 Å². The lowest BCUT2D eigenvalue weighted by atomic mass is 10.0. The van der Waals surface area contributed by atoms with E-state index >= 15 is 0 Å². The molecule has 1 N–H and O–H groups in total. The topological polar surface area (TPSA) is 92.8 Å². The Balaban J connectivity index is 1.94. The highest BCUT2D eigenvalue weighted by atomic mass is 16.5. The van der Waals surface area contributed by atoms with Crippen molar-refractivity contribution in [2.75, 3.05) is 13.2 Å². The number of esters is 1. The summed E-state index contributed by atoms with van der Waals surface area (Å²) in [5.41, 5.74) is 0.698. The van der Waals surface area contributed by atoms with Crippen LogP contribution < -0.4 is 5.32 Å². The molecule has 0 aromatic heterocycles. The van der Waals surface area contributed by atoms with E-state index in [0.717, 1.165) is 4.90 Å². The second kappa shape index (κ2) is 8.60. The van der Waals surface area contributed by atoms with E-state index in [4.69, 9.17) is 4.74 Å². The predicted octanol–water partition coefficient (Wildman–Crippen LogP) is 1.77. The van der Waals surface area contributed by atoms with Gasteiger partial charge < -0.3 is 10.1 Å². The molecule has 0 bridgehead atoms. The van der Waals surface area contributed by atoms with Crippen LogP contribution >= 0.6 is 0 Å². The smallest absolute Gasteiger partial charge is 0.328 e. The molecule has 7 nitrogen and oxygen atoms in total. The van der Waals surface area contributed by atoms with Gasteiger partial charge in [0, 0.05) is 13.0 Å². The van der Waals surface area contributed by atoms with Crippen molar-refractivity contribution in [3.8, 4) is 0 Å². The third kappa shape index (κ3) is 4.47. The lowest BCUT2D eigenvalue weighted by molar-refractivity contribution is -0.147. The molecule has 140 valence electrons. The van der Waals surface area contributed by atoms with Crippen LogP contribution in [0.2, 0.25) is 0 Å². The lowest BCUT2D eigenvalue weighted by Gasteiger charge is -2.20. The first-order valence-corrected chi connectivity index (χ1v) is 8.76. The van der Waals surface area contributed by atoms with Gasteiger partial charge in [-0.05, 0) is 31.4 Å². The van der Waals surface area contributed by atoms with Gasteiger partial charge in [-0.1, -0.05) is 26.0 Å². The molecule has 0 saturated heterocycles. The van der Waals surface area contributed by atoms with Crippen LogP contribution in [0.15, 0.2) is 24.3 Å². The SMILES string of the molecule is CCOC(=O)[C@H](CC(C)C)NC(=O)CCN1C(=O)c2ccccc2C1=O. The molecule has 1 aromatic rings. The monoisotopic (exact) mass is 360 g/mol. The molecule has 0 fully saturated rings. The van der Waals surface area contributed by atoms with Crippen molar-refractivity contribution in [2.45, 2.75) is 39.7 Å². The van der Waals surface area contributed by atoms with Gasteiger partial charge in [0.2, 0.25) is 5.91 Å². The molecule has 1 aliphatic rings. The molecular formula is C19H24N2O5. The van der Waals surface area contributed by atoms with Crippen molar-refractivity contribution in [1.29, 1.82) is 0 Å². The number of ether oxygens (including phenoxy) is 1. The Labute approximate surface area is 152 Å². The highest BCUT2D eigenvalue weighted by Crippen LogP contribution is 2.22. The quantitative estimate of drug-likeness (QED) is 0.563. The third-order valence-electron chi connectivity index (χ3n) is 4.05. The maximum Gasteiger partial charge on any atom is 0.328 e. The Morgan fingerprint density at radius 3 is 2.19 bits per heavy atom. The van der Waals surface area contributed by atoms with Gasteiger partial charge in [-0.3, -0.25) is 19.3 Å². The molecule has 0 radical (unpaired) electrons. The van der Waals surface area contributed by atoms with Crippen molar-refractivity contribution in [1.82, 2.24) is 10.2 Å². The second-order valence-electron chi connectivity index (χ2n) is 6.56. The third-order valence-corrected chi connectivity index (χ3v) is 4.05. The molecule has 1 atom stereocenters. The van der Waals surface area contributed by atoms with E-state index in [2.05, 4.69) is 5.32 Å². The fourth-order valence-corrected chi connectivity index (χ4v) is 2.85. The van der Waals surface area contributed by atoms with Crippen LogP contribution in [0.25, 0.3) is 0 Å². The largest absolute Gasteiger partial charge is 0.464 e. The number of nitrogens with zero attached hydrogens (tertiary/aromatic N) is 1. The van der Waals surface area contributed by atoms with E-state index in [0.29, 0.717) is 17.5 Å². The predicted molar refractivity (Wildman–Crippen MR) is 94.4 cm³/mol. The van der Waals surface area contributed by atoms with Gasteiger partial charge in [0.25, 0.3) is 11.8 Å². The first-order chi connectivity index (χ1) is 12.3. The number of amides is 3. The Kier molecular flexibility index (Phi) is 6.49. The average Bonchev–Trinajstić information content (AvgIpc) is 2.84. The average molecular weight is 360 g/mol. The molecular weight excluding hydrogens is 336 g/mol. The number of nitrogens with one attached hydrogen (secondary N) is 1. The normalized spacial score (nSPS) is 14.4. The van der Waals surface area contributed by atoms with Crippen molar-refractivity contribution in [3.05, 3.63) is 35.4 Å². The summed E-state index contributed by atoms with van der Waals surface area (Å²) >= 11 is 0.